The Kier molecular flexibility index (Phi) is 3.59. The molecule has 1 unspecified atom stereocenters. The highest BCUT2D eigenvalue weighted by atomic mass is 15.0. The van der Waals surface area contributed by atoms with Gasteiger partial charge in [-0.05, 0) is 69.3 Å². The van der Waals surface area contributed by atoms with Crippen LogP contribution < -0.4 is 5.32 Å². The van der Waals surface area contributed by atoms with Crippen molar-refractivity contribution in [1.29, 1.82) is 0 Å². The minimum absolute atomic E-state index is 0.624. The minimum atomic E-state index is 0.624. The third-order valence-corrected chi connectivity index (χ3v) is 4.92. The van der Waals surface area contributed by atoms with E-state index in [1.807, 2.05) is 7.05 Å². The van der Waals surface area contributed by atoms with Gasteiger partial charge in [-0.2, -0.15) is 0 Å². The van der Waals surface area contributed by atoms with Crippen molar-refractivity contribution in [3.8, 4) is 0 Å². The van der Waals surface area contributed by atoms with Crippen LogP contribution in [0.15, 0.2) is 41.2 Å². The molecule has 1 aliphatic heterocycles. The number of aliphatic imine (C=N–C) groups is 1. The predicted molar refractivity (Wildman–Crippen MR) is 92.8 cm³/mol. The zero-order valence-electron chi connectivity index (χ0n) is 13.2. The lowest BCUT2D eigenvalue weighted by atomic mass is 9.92. The van der Waals surface area contributed by atoms with Gasteiger partial charge in [0.1, 0.15) is 0 Å². The van der Waals surface area contributed by atoms with Crippen LogP contribution in [0.3, 0.4) is 0 Å². The van der Waals surface area contributed by atoms with Gasteiger partial charge in [0, 0.05) is 18.0 Å². The van der Waals surface area contributed by atoms with Crippen LogP contribution in [0, 0.1) is 5.92 Å². The number of fused-ring (bicyclic) bond motifs is 1. The molecule has 1 aromatic heterocycles. The summed E-state index contributed by atoms with van der Waals surface area (Å²) in [4.78, 5) is 4.84. The zero-order valence-corrected chi connectivity index (χ0v) is 13.2. The van der Waals surface area contributed by atoms with E-state index in [4.69, 9.17) is 4.99 Å². The molecular formula is C19H23N3. The van der Waals surface area contributed by atoms with E-state index in [0.717, 1.165) is 25.8 Å². The SMILES string of the molecule is CNCCCC1C=CC2=C(C1)N=CC1=CCCc3ccn2c31. The van der Waals surface area contributed by atoms with Gasteiger partial charge in [-0.25, -0.2) is 0 Å². The number of allylic oxidation sites excluding steroid dienone is 6. The predicted octanol–water partition coefficient (Wildman–Crippen LogP) is 3.65. The van der Waals surface area contributed by atoms with Crippen LogP contribution >= 0.6 is 0 Å². The second-order valence-electron chi connectivity index (χ2n) is 6.42. The third kappa shape index (κ3) is 2.30. The Hall–Kier alpha value is -1.87. The van der Waals surface area contributed by atoms with E-state index >= 15 is 0 Å². The highest BCUT2D eigenvalue weighted by Gasteiger charge is 2.24. The Morgan fingerprint density at radius 3 is 3.27 bits per heavy atom. The van der Waals surface area contributed by atoms with Crippen molar-refractivity contribution in [2.75, 3.05) is 13.6 Å². The van der Waals surface area contributed by atoms with Gasteiger partial charge >= 0.3 is 0 Å². The summed E-state index contributed by atoms with van der Waals surface area (Å²) < 4.78 is 2.35. The van der Waals surface area contributed by atoms with Crippen molar-refractivity contribution in [2.24, 2.45) is 10.9 Å². The summed E-state index contributed by atoms with van der Waals surface area (Å²) >= 11 is 0. The van der Waals surface area contributed by atoms with Gasteiger partial charge < -0.3 is 9.88 Å². The molecule has 3 heteroatoms. The summed E-state index contributed by atoms with van der Waals surface area (Å²) in [7, 11) is 2.02. The number of rotatable bonds is 4. The average Bonchev–Trinajstić information content (AvgIpc) is 2.90. The fourth-order valence-corrected chi connectivity index (χ4v) is 3.76. The quantitative estimate of drug-likeness (QED) is 0.844. The molecule has 0 amide bonds. The molecule has 0 aromatic carbocycles. The Balaban J connectivity index is 1.65. The molecule has 22 heavy (non-hydrogen) atoms. The van der Waals surface area contributed by atoms with E-state index in [-0.39, 0.29) is 0 Å². The number of hydrogen-bond acceptors (Lipinski definition) is 2. The molecule has 0 spiro atoms. The van der Waals surface area contributed by atoms with Gasteiger partial charge in [0.2, 0.25) is 0 Å². The molecule has 114 valence electrons. The maximum absolute atomic E-state index is 4.84. The largest absolute Gasteiger partial charge is 0.320 e. The molecule has 4 rings (SSSR count). The second kappa shape index (κ2) is 5.73. The summed E-state index contributed by atoms with van der Waals surface area (Å²) in [5, 5.41) is 3.23. The van der Waals surface area contributed by atoms with Crippen LogP contribution in [0.4, 0.5) is 0 Å². The van der Waals surface area contributed by atoms with E-state index in [1.54, 1.807) is 0 Å². The lowest BCUT2D eigenvalue weighted by molar-refractivity contribution is 0.538. The number of hydrogen-bond donors (Lipinski definition) is 1. The van der Waals surface area contributed by atoms with E-state index in [1.165, 1.54) is 41.1 Å². The average molecular weight is 293 g/mol. The molecule has 0 bridgehead atoms. The van der Waals surface area contributed by atoms with Crippen molar-refractivity contribution in [3.05, 3.63) is 47.4 Å². The van der Waals surface area contributed by atoms with Gasteiger partial charge in [0.25, 0.3) is 0 Å². The molecule has 0 radical (unpaired) electrons. The lowest BCUT2D eigenvalue weighted by Gasteiger charge is -2.21. The van der Waals surface area contributed by atoms with Gasteiger partial charge in [-0.1, -0.05) is 12.2 Å². The maximum Gasteiger partial charge on any atom is 0.0668 e. The lowest BCUT2D eigenvalue weighted by Crippen LogP contribution is -2.12. The van der Waals surface area contributed by atoms with Crippen LogP contribution in [-0.4, -0.2) is 24.4 Å². The first-order valence-electron chi connectivity index (χ1n) is 8.38. The van der Waals surface area contributed by atoms with Crippen LogP contribution in [0.2, 0.25) is 0 Å². The second-order valence-corrected chi connectivity index (χ2v) is 6.42. The van der Waals surface area contributed by atoms with Gasteiger partial charge in [0.05, 0.1) is 17.1 Å². The fraction of sp³-hybridized carbons (Fsp3) is 0.421. The molecule has 1 atom stereocenters. The first-order chi connectivity index (χ1) is 10.9. The van der Waals surface area contributed by atoms with Crippen LogP contribution in [-0.2, 0) is 6.42 Å². The molecule has 3 aliphatic rings. The van der Waals surface area contributed by atoms with E-state index in [2.05, 4.69) is 46.6 Å². The first-order valence-corrected chi connectivity index (χ1v) is 8.38. The molecule has 1 aromatic rings. The summed E-state index contributed by atoms with van der Waals surface area (Å²) in [6.07, 6.45) is 17.1. The summed E-state index contributed by atoms with van der Waals surface area (Å²) in [5.74, 6) is 0.624. The first kappa shape index (κ1) is 13.8. The Labute approximate surface area is 132 Å². The molecule has 0 fully saturated rings. The monoisotopic (exact) mass is 293 g/mol. The smallest absolute Gasteiger partial charge is 0.0668 e. The van der Waals surface area contributed by atoms with Crippen molar-refractivity contribution < 1.29 is 0 Å². The summed E-state index contributed by atoms with van der Waals surface area (Å²) in [5.41, 5.74) is 6.62. The van der Waals surface area contributed by atoms with Crippen molar-refractivity contribution in [1.82, 2.24) is 9.88 Å². The molecule has 1 N–H and O–H groups in total. The van der Waals surface area contributed by atoms with Crippen LogP contribution in [0.25, 0.3) is 11.3 Å². The van der Waals surface area contributed by atoms with Crippen LogP contribution in [0.5, 0.6) is 0 Å². The van der Waals surface area contributed by atoms with Crippen molar-refractivity contribution in [2.45, 2.75) is 32.1 Å². The highest BCUT2D eigenvalue weighted by molar-refractivity contribution is 6.11. The molecule has 3 nitrogen and oxygen atoms in total. The number of aromatic nitrogens is 1. The normalized spacial score (nSPS) is 22.2. The van der Waals surface area contributed by atoms with Gasteiger partial charge in [-0.3, -0.25) is 4.99 Å². The number of nitrogens with one attached hydrogen (secondary N) is 1. The van der Waals surface area contributed by atoms with E-state index in [0.29, 0.717) is 5.92 Å². The van der Waals surface area contributed by atoms with Crippen molar-refractivity contribution in [3.63, 3.8) is 0 Å². The highest BCUT2D eigenvalue weighted by Crippen LogP contribution is 2.37. The van der Waals surface area contributed by atoms with E-state index < -0.39 is 0 Å². The van der Waals surface area contributed by atoms with Gasteiger partial charge in [-0.15, -0.1) is 0 Å². The number of aryl methyl sites for hydroxylation is 1. The summed E-state index contributed by atoms with van der Waals surface area (Å²) in [6, 6.07) is 2.28. The Bertz CT molecular complexity index is 700. The van der Waals surface area contributed by atoms with E-state index in [9.17, 15) is 0 Å². The van der Waals surface area contributed by atoms with Gasteiger partial charge in [0.15, 0.2) is 0 Å². The molecule has 0 saturated carbocycles. The Morgan fingerprint density at radius 1 is 1.41 bits per heavy atom. The maximum atomic E-state index is 4.84. The standard InChI is InChI=1S/C19H23N3/c1-20-10-3-4-14-7-8-18-17(12-14)21-13-16-6-2-5-15-9-11-22(18)19(15)16/h6-9,11,13-14,20H,2-5,10,12H2,1H3. The molecule has 2 aliphatic carbocycles. The molecule has 0 saturated heterocycles. The third-order valence-electron chi connectivity index (χ3n) is 4.92. The fourth-order valence-electron chi connectivity index (χ4n) is 3.76. The molecule has 2 heterocycles. The molecular weight excluding hydrogens is 270 g/mol. The number of nitrogens with zero attached hydrogens (tertiary/aromatic N) is 2. The summed E-state index contributed by atoms with van der Waals surface area (Å²) in [6.45, 7) is 1.09. The van der Waals surface area contributed by atoms with Crippen LogP contribution in [0.1, 0.15) is 36.9 Å². The van der Waals surface area contributed by atoms with Crippen molar-refractivity contribution >= 4 is 17.5 Å². The topological polar surface area (TPSA) is 29.3 Å². The Morgan fingerprint density at radius 2 is 2.36 bits per heavy atom. The minimum Gasteiger partial charge on any atom is -0.320 e. The zero-order chi connectivity index (χ0) is 14.9.